The Bertz CT molecular complexity index is 603. The molecule has 1 aliphatic carbocycles. The number of phenols is 1. The zero-order valence-corrected chi connectivity index (χ0v) is 15.6. The fourth-order valence-corrected chi connectivity index (χ4v) is 4.73. The maximum Gasteiger partial charge on any atom is 0.127 e. The predicted molar refractivity (Wildman–Crippen MR) is 96.7 cm³/mol. The Kier molecular flexibility index (Phi) is 4.59. The highest BCUT2D eigenvalue weighted by Crippen LogP contribution is 2.56. The Hall–Kier alpha value is -1.22. The maximum atomic E-state index is 10.7. The molecule has 0 aromatic heterocycles. The van der Waals surface area contributed by atoms with Gasteiger partial charge in [-0.2, -0.15) is 0 Å². The second kappa shape index (κ2) is 6.25. The number of aryl methyl sites for hydroxylation is 1. The number of hydrogen-bond donors (Lipinski definition) is 2. The van der Waals surface area contributed by atoms with Gasteiger partial charge in [0.15, 0.2) is 0 Å². The van der Waals surface area contributed by atoms with Crippen LogP contribution in [0.4, 0.5) is 0 Å². The van der Waals surface area contributed by atoms with Crippen LogP contribution in [0.3, 0.4) is 0 Å². The molecule has 3 heteroatoms. The molecule has 1 saturated carbocycles. The highest BCUT2D eigenvalue weighted by atomic mass is 16.5. The van der Waals surface area contributed by atoms with Crippen molar-refractivity contribution in [2.24, 2.45) is 5.92 Å². The van der Waals surface area contributed by atoms with Crippen LogP contribution in [-0.2, 0) is 6.42 Å². The van der Waals surface area contributed by atoms with Gasteiger partial charge >= 0.3 is 0 Å². The van der Waals surface area contributed by atoms with Crippen molar-refractivity contribution in [3.8, 4) is 11.5 Å². The summed E-state index contributed by atoms with van der Waals surface area (Å²) in [5.41, 5.74) is 1.15. The summed E-state index contributed by atoms with van der Waals surface area (Å²) >= 11 is 0. The number of ether oxygens (including phenoxy) is 1. The first kappa shape index (κ1) is 17.6. The number of unbranched alkanes of at least 4 members (excludes halogenated alkanes) is 2. The molecule has 1 aliphatic heterocycles. The molecule has 0 spiro atoms. The normalized spacial score (nSPS) is 31.0. The topological polar surface area (TPSA) is 49.7 Å². The third-order valence-electron chi connectivity index (χ3n) is 6.03. The zero-order valence-electron chi connectivity index (χ0n) is 15.6. The van der Waals surface area contributed by atoms with E-state index >= 15 is 0 Å². The molecule has 3 nitrogen and oxygen atoms in total. The van der Waals surface area contributed by atoms with E-state index in [0.717, 1.165) is 42.6 Å². The molecule has 2 aliphatic rings. The third-order valence-corrected chi connectivity index (χ3v) is 6.03. The number of phenolic OH excluding ortho intramolecular Hbond substituents is 1. The molecule has 1 heterocycles. The molecule has 24 heavy (non-hydrogen) atoms. The van der Waals surface area contributed by atoms with Crippen LogP contribution in [0.5, 0.6) is 11.5 Å². The monoisotopic (exact) mass is 332 g/mol. The Balaban J connectivity index is 1.96. The van der Waals surface area contributed by atoms with E-state index in [2.05, 4.69) is 26.8 Å². The van der Waals surface area contributed by atoms with Crippen molar-refractivity contribution in [2.45, 2.75) is 89.8 Å². The van der Waals surface area contributed by atoms with Crippen molar-refractivity contribution in [1.29, 1.82) is 0 Å². The lowest BCUT2D eigenvalue weighted by atomic mass is 9.63. The van der Waals surface area contributed by atoms with E-state index in [1.165, 1.54) is 12.8 Å². The van der Waals surface area contributed by atoms with Crippen molar-refractivity contribution in [3.63, 3.8) is 0 Å². The van der Waals surface area contributed by atoms with E-state index in [0.29, 0.717) is 18.1 Å². The predicted octanol–water partition coefficient (Wildman–Crippen LogP) is 4.93. The first-order valence-electron chi connectivity index (χ1n) is 9.51. The molecule has 3 unspecified atom stereocenters. The van der Waals surface area contributed by atoms with Crippen molar-refractivity contribution in [2.75, 3.05) is 0 Å². The van der Waals surface area contributed by atoms with Crippen molar-refractivity contribution >= 4 is 0 Å². The highest BCUT2D eigenvalue weighted by Gasteiger charge is 2.49. The van der Waals surface area contributed by atoms with Crippen LogP contribution in [0.1, 0.15) is 83.3 Å². The van der Waals surface area contributed by atoms with Gasteiger partial charge in [-0.15, -0.1) is 0 Å². The Labute approximate surface area is 146 Å². The minimum atomic E-state index is -0.655. The van der Waals surface area contributed by atoms with Gasteiger partial charge in [-0.1, -0.05) is 19.8 Å². The second-order valence-corrected chi connectivity index (χ2v) is 8.64. The van der Waals surface area contributed by atoms with E-state index in [9.17, 15) is 10.2 Å². The number of aliphatic hydroxyl groups is 1. The molecular formula is C21H32O3. The number of aromatic hydroxyl groups is 1. The summed E-state index contributed by atoms with van der Waals surface area (Å²) in [5.74, 6) is 1.67. The van der Waals surface area contributed by atoms with Crippen LogP contribution in [0.15, 0.2) is 12.1 Å². The summed E-state index contributed by atoms with van der Waals surface area (Å²) in [6.07, 6.45) is 6.94. The van der Waals surface area contributed by atoms with E-state index in [1.807, 2.05) is 13.0 Å². The van der Waals surface area contributed by atoms with Crippen molar-refractivity contribution < 1.29 is 14.9 Å². The first-order valence-corrected chi connectivity index (χ1v) is 9.51. The minimum absolute atomic E-state index is 0.164. The standard InChI is InChI=1S/C21H32O3/c1-5-6-7-8-14-11-17(22)19-15-13-21(4,23)10-9-16(15)20(2,3)24-18(19)12-14/h11-12,15-16,22-23H,5-10,13H2,1-4H3. The van der Waals surface area contributed by atoms with Crippen LogP contribution in [0.2, 0.25) is 0 Å². The molecule has 0 amide bonds. The Morgan fingerprint density at radius 2 is 1.96 bits per heavy atom. The van der Waals surface area contributed by atoms with Crippen LogP contribution in [-0.4, -0.2) is 21.4 Å². The van der Waals surface area contributed by atoms with E-state index in [1.54, 1.807) is 0 Å². The van der Waals surface area contributed by atoms with E-state index in [-0.39, 0.29) is 11.5 Å². The fourth-order valence-electron chi connectivity index (χ4n) is 4.73. The van der Waals surface area contributed by atoms with Gasteiger partial charge in [-0.25, -0.2) is 0 Å². The Morgan fingerprint density at radius 3 is 2.67 bits per heavy atom. The van der Waals surface area contributed by atoms with Gasteiger partial charge in [0, 0.05) is 17.4 Å². The van der Waals surface area contributed by atoms with Gasteiger partial charge < -0.3 is 14.9 Å². The van der Waals surface area contributed by atoms with Gasteiger partial charge in [0.2, 0.25) is 0 Å². The summed E-state index contributed by atoms with van der Waals surface area (Å²) in [6.45, 7) is 8.41. The summed E-state index contributed by atoms with van der Waals surface area (Å²) in [7, 11) is 0. The zero-order chi connectivity index (χ0) is 17.5. The van der Waals surface area contributed by atoms with Crippen LogP contribution in [0.25, 0.3) is 0 Å². The molecule has 0 saturated heterocycles. The molecule has 3 atom stereocenters. The van der Waals surface area contributed by atoms with Crippen LogP contribution < -0.4 is 4.74 Å². The second-order valence-electron chi connectivity index (χ2n) is 8.64. The van der Waals surface area contributed by atoms with Gasteiger partial charge in [-0.3, -0.25) is 0 Å². The number of fused-ring (bicyclic) bond motifs is 3. The summed E-state index contributed by atoms with van der Waals surface area (Å²) < 4.78 is 6.34. The van der Waals surface area contributed by atoms with Crippen LogP contribution >= 0.6 is 0 Å². The first-order chi connectivity index (χ1) is 11.2. The van der Waals surface area contributed by atoms with Crippen molar-refractivity contribution in [1.82, 2.24) is 0 Å². The lowest BCUT2D eigenvalue weighted by molar-refractivity contribution is -0.0659. The Morgan fingerprint density at radius 1 is 1.21 bits per heavy atom. The van der Waals surface area contributed by atoms with Gasteiger partial charge in [0.25, 0.3) is 0 Å². The fraction of sp³-hybridized carbons (Fsp3) is 0.714. The molecular weight excluding hydrogens is 300 g/mol. The lowest BCUT2D eigenvalue weighted by Gasteiger charge is -2.50. The molecule has 1 aromatic carbocycles. The van der Waals surface area contributed by atoms with E-state index in [4.69, 9.17) is 4.74 Å². The lowest BCUT2D eigenvalue weighted by Crippen LogP contribution is -2.49. The van der Waals surface area contributed by atoms with Gasteiger partial charge in [-0.05, 0) is 70.6 Å². The number of hydrogen-bond acceptors (Lipinski definition) is 3. The molecule has 0 radical (unpaired) electrons. The summed E-state index contributed by atoms with van der Waals surface area (Å²) in [6, 6.07) is 4.03. The molecule has 134 valence electrons. The summed E-state index contributed by atoms with van der Waals surface area (Å²) in [4.78, 5) is 0. The molecule has 2 N–H and O–H groups in total. The van der Waals surface area contributed by atoms with Gasteiger partial charge in [0.1, 0.15) is 17.1 Å². The average molecular weight is 332 g/mol. The smallest absolute Gasteiger partial charge is 0.127 e. The number of rotatable bonds is 4. The number of benzene rings is 1. The molecule has 0 bridgehead atoms. The van der Waals surface area contributed by atoms with Gasteiger partial charge in [0.05, 0.1) is 5.60 Å². The highest BCUT2D eigenvalue weighted by molar-refractivity contribution is 5.52. The third kappa shape index (κ3) is 3.28. The molecule has 1 fully saturated rings. The quantitative estimate of drug-likeness (QED) is 0.769. The summed E-state index contributed by atoms with van der Waals surface area (Å²) in [5, 5.41) is 21.3. The SMILES string of the molecule is CCCCCc1cc(O)c2c(c1)OC(C)(C)C1CCC(C)(O)CC21. The van der Waals surface area contributed by atoms with Crippen LogP contribution in [0, 0.1) is 5.92 Å². The molecule has 3 rings (SSSR count). The van der Waals surface area contributed by atoms with E-state index < -0.39 is 5.60 Å². The van der Waals surface area contributed by atoms with Crippen molar-refractivity contribution in [3.05, 3.63) is 23.3 Å². The molecule has 1 aromatic rings. The largest absolute Gasteiger partial charge is 0.508 e. The minimum Gasteiger partial charge on any atom is -0.508 e. The maximum absolute atomic E-state index is 10.7. The average Bonchev–Trinajstić information content (AvgIpc) is 2.44.